The lowest BCUT2D eigenvalue weighted by Crippen LogP contribution is -2.51. The molecule has 0 radical (unpaired) electrons. The molecule has 190 valence electrons. The fraction of sp³-hybridized carbons (Fsp3) is 0.680. The molecule has 2 fully saturated rings. The van der Waals surface area contributed by atoms with Gasteiger partial charge in [0.05, 0.1) is 5.56 Å². The van der Waals surface area contributed by atoms with Gasteiger partial charge in [-0.25, -0.2) is 4.79 Å². The summed E-state index contributed by atoms with van der Waals surface area (Å²) in [6.45, 7) is 9.52. The summed E-state index contributed by atoms with van der Waals surface area (Å²) in [5.41, 5.74) is -0.437. The van der Waals surface area contributed by atoms with Gasteiger partial charge in [-0.2, -0.15) is 13.2 Å². The Bertz CT molecular complexity index is 852. The van der Waals surface area contributed by atoms with Crippen molar-refractivity contribution in [3.63, 3.8) is 0 Å². The van der Waals surface area contributed by atoms with Crippen LogP contribution in [0.25, 0.3) is 0 Å². The topological polar surface area (TPSA) is 70.7 Å². The minimum Gasteiger partial charge on any atom is -0.444 e. The molecule has 6 nitrogen and oxygen atoms in total. The van der Waals surface area contributed by atoms with Crippen LogP contribution in [0.3, 0.4) is 0 Å². The van der Waals surface area contributed by atoms with Crippen LogP contribution in [0.2, 0.25) is 0 Å². The molecule has 1 aliphatic carbocycles. The van der Waals surface area contributed by atoms with Gasteiger partial charge in [-0.15, -0.1) is 0 Å². The van der Waals surface area contributed by atoms with Gasteiger partial charge in [-0.3, -0.25) is 9.69 Å². The number of rotatable bonds is 7. The summed E-state index contributed by atoms with van der Waals surface area (Å²) in [6.07, 6.45) is -1.79. The van der Waals surface area contributed by atoms with Crippen molar-refractivity contribution in [1.29, 1.82) is 0 Å². The molecule has 1 heterocycles. The number of amides is 2. The van der Waals surface area contributed by atoms with E-state index in [1.165, 1.54) is 12.1 Å². The SMILES string of the molecule is CCC[C@H](NC(=O)OC(C)(C)C)C(=O)N[C@H]1CC[C@@H]2CN(Cc3ccc(C(F)(F)F)cc3)C[C@@H]21. The van der Waals surface area contributed by atoms with Crippen LogP contribution < -0.4 is 10.6 Å². The first-order chi connectivity index (χ1) is 15.9. The van der Waals surface area contributed by atoms with E-state index in [0.29, 0.717) is 24.8 Å². The number of nitrogens with zero attached hydrogens (tertiary/aromatic N) is 1. The lowest BCUT2D eigenvalue weighted by atomic mass is 9.97. The predicted molar refractivity (Wildman–Crippen MR) is 123 cm³/mol. The Labute approximate surface area is 199 Å². The molecule has 1 aromatic rings. The maximum Gasteiger partial charge on any atom is 0.416 e. The number of carbonyl (C=O) groups excluding carboxylic acids is 2. The van der Waals surface area contributed by atoms with Gasteiger partial charge < -0.3 is 15.4 Å². The molecule has 3 rings (SSSR count). The van der Waals surface area contributed by atoms with E-state index in [-0.39, 0.29) is 11.9 Å². The molecule has 1 saturated carbocycles. The molecule has 2 amide bonds. The van der Waals surface area contributed by atoms with Crippen LogP contribution in [-0.4, -0.2) is 47.7 Å². The minimum absolute atomic E-state index is 0.0231. The van der Waals surface area contributed by atoms with E-state index in [2.05, 4.69) is 15.5 Å². The van der Waals surface area contributed by atoms with Crippen molar-refractivity contribution in [1.82, 2.24) is 15.5 Å². The molecular weight excluding hydrogens is 447 g/mol. The van der Waals surface area contributed by atoms with Crippen molar-refractivity contribution >= 4 is 12.0 Å². The first kappa shape index (κ1) is 26.3. The third kappa shape index (κ3) is 7.10. The van der Waals surface area contributed by atoms with Crippen LogP contribution in [-0.2, 0) is 22.3 Å². The second-order valence-electron chi connectivity index (χ2n) is 10.5. The van der Waals surface area contributed by atoms with Crippen LogP contribution in [0.4, 0.5) is 18.0 Å². The van der Waals surface area contributed by atoms with E-state index in [1.807, 2.05) is 6.92 Å². The second-order valence-corrected chi connectivity index (χ2v) is 10.5. The monoisotopic (exact) mass is 483 g/mol. The average Bonchev–Trinajstić information content (AvgIpc) is 3.27. The summed E-state index contributed by atoms with van der Waals surface area (Å²) in [6, 6.07) is 4.70. The summed E-state index contributed by atoms with van der Waals surface area (Å²) >= 11 is 0. The number of halogens is 3. The Balaban J connectivity index is 1.54. The van der Waals surface area contributed by atoms with E-state index in [4.69, 9.17) is 4.74 Å². The van der Waals surface area contributed by atoms with E-state index < -0.39 is 29.5 Å². The van der Waals surface area contributed by atoms with Crippen molar-refractivity contribution in [2.75, 3.05) is 13.1 Å². The molecule has 0 unspecified atom stereocenters. The second kappa shape index (κ2) is 10.5. The Kier molecular flexibility index (Phi) is 8.16. The van der Waals surface area contributed by atoms with Gasteiger partial charge in [-0.1, -0.05) is 25.5 Å². The Morgan fingerprint density at radius 3 is 2.38 bits per heavy atom. The standard InChI is InChI=1S/C25H36F3N3O3/c1-5-6-21(30-23(33)34-24(2,3)4)22(32)29-20-12-9-17-14-31(15-19(17)20)13-16-7-10-18(11-8-16)25(26,27)28/h7-8,10-11,17,19-21H,5-6,9,12-15H2,1-4H3,(H,29,32)(H,30,33)/t17-,19+,20+,21+/m1/s1. The third-order valence-electron chi connectivity index (χ3n) is 6.53. The zero-order valence-electron chi connectivity index (χ0n) is 20.4. The van der Waals surface area contributed by atoms with Crippen LogP contribution in [0, 0.1) is 11.8 Å². The predicted octanol–water partition coefficient (Wildman–Crippen LogP) is 4.73. The highest BCUT2D eigenvalue weighted by molar-refractivity contribution is 5.85. The molecule has 0 bridgehead atoms. The number of fused-ring (bicyclic) bond motifs is 1. The quantitative estimate of drug-likeness (QED) is 0.589. The molecular formula is C25H36F3N3O3. The van der Waals surface area contributed by atoms with Crippen LogP contribution in [0.5, 0.6) is 0 Å². The van der Waals surface area contributed by atoms with Gasteiger partial charge in [-0.05, 0) is 69.6 Å². The first-order valence-electron chi connectivity index (χ1n) is 12.0. The lowest BCUT2D eigenvalue weighted by Gasteiger charge is -2.26. The molecule has 0 aromatic heterocycles. The number of nitrogens with one attached hydrogen (secondary N) is 2. The summed E-state index contributed by atoms with van der Waals surface area (Å²) in [4.78, 5) is 27.4. The Hall–Kier alpha value is -2.29. The van der Waals surface area contributed by atoms with Crippen LogP contribution >= 0.6 is 0 Å². The summed E-state index contributed by atoms with van der Waals surface area (Å²) < 4.78 is 43.7. The first-order valence-corrected chi connectivity index (χ1v) is 12.0. The number of hydrogen-bond acceptors (Lipinski definition) is 4. The highest BCUT2D eigenvalue weighted by atomic mass is 19.4. The maximum atomic E-state index is 13.0. The van der Waals surface area contributed by atoms with Crippen molar-refractivity contribution in [3.8, 4) is 0 Å². The highest BCUT2D eigenvalue weighted by Crippen LogP contribution is 2.39. The van der Waals surface area contributed by atoms with Gasteiger partial charge in [0.2, 0.25) is 5.91 Å². The maximum absolute atomic E-state index is 13.0. The molecule has 1 aromatic carbocycles. The average molecular weight is 484 g/mol. The molecule has 1 aliphatic heterocycles. The summed E-state index contributed by atoms with van der Waals surface area (Å²) in [5.74, 6) is 0.546. The number of alkyl halides is 3. The summed E-state index contributed by atoms with van der Waals surface area (Å²) in [7, 11) is 0. The van der Waals surface area contributed by atoms with Gasteiger partial charge in [0.25, 0.3) is 0 Å². The van der Waals surface area contributed by atoms with Crippen molar-refractivity contribution < 1.29 is 27.5 Å². The molecule has 2 N–H and O–H groups in total. The normalized spacial score (nSPS) is 23.9. The highest BCUT2D eigenvalue weighted by Gasteiger charge is 2.43. The molecule has 34 heavy (non-hydrogen) atoms. The number of carbonyl (C=O) groups is 2. The fourth-order valence-corrected chi connectivity index (χ4v) is 5.01. The van der Waals surface area contributed by atoms with Crippen LogP contribution in [0.15, 0.2) is 24.3 Å². The molecule has 2 aliphatic rings. The Morgan fingerprint density at radius 1 is 1.12 bits per heavy atom. The number of hydrogen-bond donors (Lipinski definition) is 2. The smallest absolute Gasteiger partial charge is 0.416 e. The van der Waals surface area contributed by atoms with Crippen LogP contribution in [0.1, 0.15) is 64.5 Å². The number of likely N-dealkylation sites (tertiary alicyclic amines) is 1. The minimum atomic E-state index is -4.33. The van der Waals surface area contributed by atoms with Crippen molar-refractivity contribution in [3.05, 3.63) is 35.4 Å². The van der Waals surface area contributed by atoms with Gasteiger partial charge in [0.1, 0.15) is 11.6 Å². The van der Waals surface area contributed by atoms with Gasteiger partial charge in [0.15, 0.2) is 0 Å². The molecule has 1 saturated heterocycles. The largest absolute Gasteiger partial charge is 0.444 e. The van der Waals surface area contributed by atoms with E-state index in [9.17, 15) is 22.8 Å². The zero-order chi connectivity index (χ0) is 25.1. The van der Waals surface area contributed by atoms with Crippen molar-refractivity contribution in [2.24, 2.45) is 11.8 Å². The fourth-order valence-electron chi connectivity index (χ4n) is 5.01. The lowest BCUT2D eigenvalue weighted by molar-refractivity contribution is -0.137. The van der Waals surface area contributed by atoms with Crippen molar-refractivity contribution in [2.45, 2.75) is 83.8 Å². The number of benzene rings is 1. The third-order valence-corrected chi connectivity index (χ3v) is 6.53. The zero-order valence-corrected chi connectivity index (χ0v) is 20.4. The molecule has 4 atom stereocenters. The summed E-state index contributed by atoms with van der Waals surface area (Å²) in [5, 5.41) is 5.85. The van der Waals surface area contributed by atoms with E-state index >= 15 is 0 Å². The molecule has 0 spiro atoms. The number of alkyl carbamates (subject to hydrolysis) is 1. The Morgan fingerprint density at radius 2 is 1.79 bits per heavy atom. The van der Waals surface area contributed by atoms with Gasteiger partial charge >= 0.3 is 12.3 Å². The molecule has 9 heteroatoms. The number of ether oxygens (including phenoxy) is 1. The van der Waals surface area contributed by atoms with E-state index in [1.54, 1.807) is 20.8 Å². The van der Waals surface area contributed by atoms with E-state index in [0.717, 1.165) is 50.0 Å². The van der Waals surface area contributed by atoms with Gasteiger partial charge in [0, 0.05) is 25.7 Å².